The van der Waals surface area contributed by atoms with Gasteiger partial charge in [0.2, 0.25) is 0 Å². The Morgan fingerprint density at radius 3 is 2.81 bits per heavy atom. The zero-order chi connectivity index (χ0) is 21.5. The lowest BCUT2D eigenvalue weighted by Crippen LogP contribution is -2.53. The molecule has 0 bridgehead atoms. The number of aryl methyl sites for hydroxylation is 1. The molecule has 3 heterocycles. The van der Waals surface area contributed by atoms with Crippen molar-refractivity contribution in [2.45, 2.75) is 25.9 Å². The van der Waals surface area contributed by atoms with Gasteiger partial charge in [0.05, 0.1) is 11.8 Å². The van der Waals surface area contributed by atoms with Gasteiger partial charge < -0.3 is 14.9 Å². The number of carbonyl (C=O) groups excluding carboxylic acids is 1. The Labute approximate surface area is 180 Å². The summed E-state index contributed by atoms with van der Waals surface area (Å²) in [7, 11) is 0. The van der Waals surface area contributed by atoms with E-state index in [9.17, 15) is 14.3 Å². The molecule has 1 amide bonds. The average Bonchev–Trinajstić information content (AvgIpc) is 3.15. The Hall–Kier alpha value is -3.32. The fourth-order valence-electron chi connectivity index (χ4n) is 4.42. The van der Waals surface area contributed by atoms with Gasteiger partial charge in [0.15, 0.2) is 0 Å². The maximum atomic E-state index is 13.7. The minimum Gasteiger partial charge on any atom is -0.389 e. The molecule has 3 aromatic rings. The van der Waals surface area contributed by atoms with Gasteiger partial charge in [-0.3, -0.25) is 4.79 Å². The van der Waals surface area contributed by atoms with Gasteiger partial charge in [-0.25, -0.2) is 14.4 Å². The topological polar surface area (TPSA) is 69.6 Å². The van der Waals surface area contributed by atoms with Gasteiger partial charge in [-0.05, 0) is 54.3 Å². The Morgan fingerprint density at radius 2 is 2.03 bits per heavy atom. The zero-order valence-electron chi connectivity index (χ0n) is 17.3. The van der Waals surface area contributed by atoms with Crippen LogP contribution >= 0.6 is 0 Å². The quantitative estimate of drug-likeness (QED) is 0.705. The van der Waals surface area contributed by atoms with Crippen LogP contribution in [0.1, 0.15) is 32.7 Å². The van der Waals surface area contributed by atoms with Crippen molar-refractivity contribution in [3.63, 3.8) is 0 Å². The van der Waals surface area contributed by atoms with Gasteiger partial charge in [-0.15, -0.1) is 0 Å². The number of amides is 1. The molecule has 0 unspecified atom stereocenters. The first-order valence-corrected chi connectivity index (χ1v) is 10.4. The summed E-state index contributed by atoms with van der Waals surface area (Å²) < 4.78 is 13.7. The van der Waals surface area contributed by atoms with E-state index in [1.165, 1.54) is 18.5 Å². The van der Waals surface area contributed by atoms with E-state index in [0.717, 1.165) is 46.9 Å². The van der Waals surface area contributed by atoms with Crippen molar-refractivity contribution < 1.29 is 14.3 Å². The molecule has 31 heavy (non-hydrogen) atoms. The van der Waals surface area contributed by atoms with Crippen molar-refractivity contribution in [2.75, 3.05) is 24.5 Å². The molecule has 1 aromatic heterocycles. The normalized spacial score (nSPS) is 15.7. The molecular weight excluding hydrogens is 395 g/mol. The van der Waals surface area contributed by atoms with Crippen molar-refractivity contribution in [2.24, 2.45) is 0 Å². The Kier molecular flexibility index (Phi) is 4.90. The van der Waals surface area contributed by atoms with E-state index in [1.54, 1.807) is 4.90 Å². The van der Waals surface area contributed by atoms with Crippen molar-refractivity contribution in [1.82, 2.24) is 14.9 Å². The van der Waals surface area contributed by atoms with E-state index < -0.39 is 6.10 Å². The highest BCUT2D eigenvalue weighted by Crippen LogP contribution is 2.36. The number of halogens is 1. The molecule has 7 heteroatoms. The van der Waals surface area contributed by atoms with Gasteiger partial charge in [0.1, 0.15) is 18.0 Å². The number of likely N-dealkylation sites (tertiary alicyclic amines) is 1. The first-order chi connectivity index (χ1) is 15.0. The second-order valence-corrected chi connectivity index (χ2v) is 8.25. The van der Waals surface area contributed by atoms with Crippen LogP contribution in [0.5, 0.6) is 0 Å². The number of fused-ring (bicyclic) bond motifs is 1. The summed E-state index contributed by atoms with van der Waals surface area (Å²) in [5.41, 5.74) is 5.23. The first-order valence-electron chi connectivity index (χ1n) is 10.4. The molecule has 2 aromatic carbocycles. The SMILES string of the molecule is Cc1cc(F)cc(Cc2cc(N3CCc4c(C(=O)N5CC(O)C5)cccc43)ncn2)c1. The highest BCUT2D eigenvalue weighted by Gasteiger charge is 2.33. The summed E-state index contributed by atoms with van der Waals surface area (Å²) in [5, 5.41) is 9.52. The molecule has 0 aliphatic carbocycles. The smallest absolute Gasteiger partial charge is 0.254 e. The summed E-state index contributed by atoms with van der Waals surface area (Å²) in [6, 6.07) is 12.7. The summed E-state index contributed by atoms with van der Waals surface area (Å²) >= 11 is 0. The third-order valence-corrected chi connectivity index (χ3v) is 5.88. The van der Waals surface area contributed by atoms with Crippen LogP contribution in [-0.4, -0.2) is 51.6 Å². The van der Waals surface area contributed by atoms with E-state index in [4.69, 9.17) is 0 Å². The number of aliphatic hydroxyl groups excluding tert-OH is 1. The van der Waals surface area contributed by atoms with Gasteiger partial charge in [0.25, 0.3) is 5.91 Å². The van der Waals surface area contributed by atoms with Crippen LogP contribution in [0.25, 0.3) is 0 Å². The molecule has 1 fully saturated rings. The number of carbonyl (C=O) groups is 1. The largest absolute Gasteiger partial charge is 0.389 e. The van der Waals surface area contributed by atoms with Crippen molar-refractivity contribution in [1.29, 1.82) is 0 Å². The molecule has 0 atom stereocenters. The lowest BCUT2D eigenvalue weighted by molar-refractivity contribution is 0.00583. The van der Waals surface area contributed by atoms with Crippen molar-refractivity contribution in [3.8, 4) is 0 Å². The lowest BCUT2D eigenvalue weighted by atomic mass is 10.0. The predicted molar refractivity (Wildman–Crippen MR) is 115 cm³/mol. The molecule has 158 valence electrons. The molecule has 5 rings (SSSR count). The zero-order valence-corrected chi connectivity index (χ0v) is 17.3. The third-order valence-electron chi connectivity index (χ3n) is 5.88. The maximum Gasteiger partial charge on any atom is 0.254 e. The number of benzene rings is 2. The molecule has 0 radical (unpaired) electrons. The number of hydrogen-bond donors (Lipinski definition) is 1. The van der Waals surface area contributed by atoms with Gasteiger partial charge in [-0.1, -0.05) is 12.1 Å². The van der Waals surface area contributed by atoms with Crippen LogP contribution in [0.4, 0.5) is 15.9 Å². The molecule has 2 aliphatic heterocycles. The second kappa shape index (κ2) is 7.74. The highest BCUT2D eigenvalue weighted by molar-refractivity contribution is 5.98. The summed E-state index contributed by atoms with van der Waals surface area (Å²) in [5.74, 6) is 0.486. The standard InChI is InChI=1S/C24H23FN4O2/c1-15-7-16(9-17(25)8-15)10-18-11-23(27-14-26-18)29-6-5-20-21(3-2-4-22(20)29)24(31)28-12-19(30)13-28/h2-4,7-9,11,14,19,30H,5-6,10,12-13H2,1H3. The molecule has 1 N–H and O–H groups in total. The Bertz CT molecular complexity index is 1140. The predicted octanol–water partition coefficient (Wildman–Crippen LogP) is 3.03. The van der Waals surface area contributed by atoms with Gasteiger partial charge in [-0.2, -0.15) is 0 Å². The molecule has 6 nitrogen and oxygen atoms in total. The van der Waals surface area contributed by atoms with E-state index in [2.05, 4.69) is 14.9 Å². The minimum atomic E-state index is -0.418. The number of aromatic nitrogens is 2. The number of β-amino-alcohol motifs (C(OH)–C–C–N with tert-alkyl or cyclic N) is 1. The number of anilines is 2. The second-order valence-electron chi connectivity index (χ2n) is 8.25. The number of nitrogens with zero attached hydrogens (tertiary/aromatic N) is 4. The third kappa shape index (κ3) is 3.77. The number of rotatable bonds is 4. The summed E-state index contributed by atoms with van der Waals surface area (Å²) in [6.45, 7) is 3.37. The molecule has 0 spiro atoms. The monoisotopic (exact) mass is 418 g/mol. The van der Waals surface area contributed by atoms with Gasteiger partial charge in [0, 0.05) is 43.4 Å². The maximum absolute atomic E-state index is 13.7. The first kappa shape index (κ1) is 19.6. The van der Waals surface area contributed by atoms with Crippen LogP contribution < -0.4 is 4.90 Å². The Balaban J connectivity index is 1.41. The number of hydrogen-bond acceptors (Lipinski definition) is 5. The number of aliphatic hydroxyl groups is 1. The lowest BCUT2D eigenvalue weighted by Gasteiger charge is -2.36. The summed E-state index contributed by atoms with van der Waals surface area (Å²) in [6.07, 6.45) is 2.38. The fraction of sp³-hybridized carbons (Fsp3) is 0.292. The van der Waals surface area contributed by atoms with E-state index in [-0.39, 0.29) is 11.7 Å². The van der Waals surface area contributed by atoms with Crippen LogP contribution in [0.15, 0.2) is 48.8 Å². The van der Waals surface area contributed by atoms with Crippen molar-refractivity contribution in [3.05, 3.63) is 82.6 Å². The van der Waals surface area contributed by atoms with Crippen LogP contribution in [-0.2, 0) is 12.8 Å². The van der Waals surface area contributed by atoms with E-state index in [0.29, 0.717) is 25.1 Å². The molecule has 2 aliphatic rings. The Morgan fingerprint density at radius 1 is 1.19 bits per heavy atom. The molecule has 1 saturated heterocycles. The summed E-state index contributed by atoms with van der Waals surface area (Å²) in [4.78, 5) is 25.4. The molecule has 0 saturated carbocycles. The fourth-order valence-corrected chi connectivity index (χ4v) is 4.42. The average molecular weight is 418 g/mol. The molecular formula is C24H23FN4O2. The van der Waals surface area contributed by atoms with Crippen LogP contribution in [0.3, 0.4) is 0 Å². The van der Waals surface area contributed by atoms with Gasteiger partial charge >= 0.3 is 0 Å². The van der Waals surface area contributed by atoms with Crippen LogP contribution in [0, 0.1) is 12.7 Å². The van der Waals surface area contributed by atoms with E-state index in [1.807, 2.05) is 37.3 Å². The van der Waals surface area contributed by atoms with Crippen LogP contribution in [0.2, 0.25) is 0 Å². The highest BCUT2D eigenvalue weighted by atomic mass is 19.1. The van der Waals surface area contributed by atoms with E-state index >= 15 is 0 Å². The van der Waals surface area contributed by atoms with Crippen molar-refractivity contribution >= 4 is 17.4 Å². The minimum absolute atomic E-state index is 0.0335.